The van der Waals surface area contributed by atoms with Gasteiger partial charge in [-0.3, -0.25) is 4.79 Å². The van der Waals surface area contributed by atoms with Gasteiger partial charge in [-0.1, -0.05) is 41.0 Å². The molecule has 0 unspecified atom stereocenters. The molecule has 0 rings (SSSR count). The molecule has 0 aliphatic carbocycles. The van der Waals surface area contributed by atoms with E-state index in [4.69, 9.17) is 0 Å². The van der Waals surface area contributed by atoms with E-state index in [1.807, 2.05) is 25.7 Å². The zero-order valence-corrected chi connectivity index (χ0v) is 20.6. The lowest BCUT2D eigenvalue weighted by molar-refractivity contribution is -0.126. The third kappa shape index (κ3) is 14.1. The first-order valence-electron chi connectivity index (χ1n) is 11.6. The number of allylic oxidation sites excluding steroid dienone is 7. The molecule has 0 saturated carbocycles. The number of hydrogen-bond donors (Lipinski definition) is 0. The topological polar surface area (TPSA) is 37.4 Å². The number of hydrogen-bond acceptors (Lipinski definition) is 2. The molecule has 170 valence electrons. The molecular weight excluding hydrogens is 370 g/mol. The number of ketones is 1. The van der Waals surface area contributed by atoms with E-state index >= 15 is 0 Å². The van der Waals surface area contributed by atoms with Gasteiger partial charge in [-0.25, -0.2) is 0 Å². The van der Waals surface area contributed by atoms with Crippen molar-refractivity contribution < 1.29 is 9.59 Å². The Bertz CT molecular complexity index is 646. The monoisotopic (exact) mass is 415 g/mol. The Balaban J connectivity index is 4.23. The molecule has 0 aromatic carbocycles. The van der Waals surface area contributed by atoms with Crippen molar-refractivity contribution >= 4 is 11.7 Å². The fraction of sp³-hybridized carbons (Fsp3) is 0.630. The number of Topliss-reactive ketones (excluding diaryl/α,β-unsaturated/α-hetero) is 1. The van der Waals surface area contributed by atoms with Crippen LogP contribution in [-0.2, 0) is 9.59 Å². The zero-order valence-electron chi connectivity index (χ0n) is 20.6. The summed E-state index contributed by atoms with van der Waals surface area (Å²) in [6.45, 7) is 15.7. The maximum Gasteiger partial charge on any atom is 0.249 e. The number of likely N-dealkylation sites (N-methyl/N-ethyl adjacent to an activating group) is 1. The van der Waals surface area contributed by atoms with Crippen LogP contribution < -0.4 is 0 Å². The number of amides is 1. The van der Waals surface area contributed by atoms with Crippen LogP contribution in [0, 0.1) is 0 Å². The second kappa shape index (κ2) is 16.8. The molecule has 0 bridgehead atoms. The van der Waals surface area contributed by atoms with Crippen LogP contribution in [0.4, 0.5) is 0 Å². The van der Waals surface area contributed by atoms with E-state index in [1.54, 1.807) is 6.92 Å². The highest BCUT2D eigenvalue weighted by atomic mass is 16.2. The van der Waals surface area contributed by atoms with Gasteiger partial charge in [-0.2, -0.15) is 0 Å². The number of rotatable bonds is 15. The highest BCUT2D eigenvalue weighted by Crippen LogP contribution is 2.14. The van der Waals surface area contributed by atoms with Crippen LogP contribution in [0.3, 0.4) is 0 Å². The van der Waals surface area contributed by atoms with E-state index in [9.17, 15) is 9.59 Å². The van der Waals surface area contributed by atoms with Crippen LogP contribution in [-0.4, -0.2) is 29.7 Å². The summed E-state index contributed by atoms with van der Waals surface area (Å²) in [7, 11) is 0. The first-order valence-corrected chi connectivity index (χ1v) is 11.6. The largest absolute Gasteiger partial charge is 0.340 e. The van der Waals surface area contributed by atoms with Crippen molar-refractivity contribution in [2.24, 2.45) is 0 Å². The molecule has 0 radical (unpaired) electrons. The van der Waals surface area contributed by atoms with Crippen molar-refractivity contribution in [3.05, 3.63) is 46.6 Å². The third-order valence-electron chi connectivity index (χ3n) is 5.43. The van der Waals surface area contributed by atoms with Gasteiger partial charge < -0.3 is 9.69 Å². The van der Waals surface area contributed by atoms with Crippen LogP contribution in [0.1, 0.15) is 99.8 Å². The fourth-order valence-corrected chi connectivity index (χ4v) is 3.28. The maximum absolute atomic E-state index is 12.3. The highest BCUT2D eigenvalue weighted by molar-refractivity contribution is 5.92. The summed E-state index contributed by atoms with van der Waals surface area (Å²) in [4.78, 5) is 25.1. The Morgan fingerprint density at radius 1 is 0.600 bits per heavy atom. The van der Waals surface area contributed by atoms with Gasteiger partial charge in [0, 0.05) is 25.1 Å². The predicted molar refractivity (Wildman–Crippen MR) is 131 cm³/mol. The minimum Gasteiger partial charge on any atom is -0.340 e. The Labute approximate surface area is 186 Å². The van der Waals surface area contributed by atoms with Crippen molar-refractivity contribution in [1.29, 1.82) is 0 Å². The Kier molecular flexibility index (Phi) is 15.8. The van der Waals surface area contributed by atoms with Crippen molar-refractivity contribution in [3.8, 4) is 0 Å². The molecule has 1 amide bonds. The second-order valence-corrected chi connectivity index (χ2v) is 8.37. The molecule has 0 N–H and O–H groups in total. The summed E-state index contributed by atoms with van der Waals surface area (Å²) < 4.78 is 0. The van der Waals surface area contributed by atoms with E-state index in [0.717, 1.165) is 63.6 Å². The number of carbonyl (C=O) groups is 2. The molecule has 0 spiro atoms. The standard InChI is InChI=1S/C27H45NO2/c1-8-28(9-2)27(30)25(6)20-12-18-23(4)16-10-14-22(3)15-11-17-24(5)19-13-21-26(7)29/h15-16,19-20H,8-14,17-18,21H2,1-7H3/b22-15+,23-16+,24-19+,25-20+. The molecule has 30 heavy (non-hydrogen) atoms. The van der Waals surface area contributed by atoms with Crippen molar-refractivity contribution in [1.82, 2.24) is 4.90 Å². The number of carbonyl (C=O) groups excluding carboxylic acids is 2. The lowest BCUT2D eigenvalue weighted by Crippen LogP contribution is -2.31. The lowest BCUT2D eigenvalue weighted by Gasteiger charge is -2.18. The first kappa shape index (κ1) is 28.1. The average molecular weight is 416 g/mol. The van der Waals surface area contributed by atoms with Crippen LogP contribution in [0.5, 0.6) is 0 Å². The van der Waals surface area contributed by atoms with Gasteiger partial charge in [0.2, 0.25) is 5.91 Å². The molecule has 0 aromatic rings. The predicted octanol–water partition coefficient (Wildman–Crippen LogP) is 7.35. The average Bonchev–Trinajstić information content (AvgIpc) is 2.68. The van der Waals surface area contributed by atoms with E-state index in [-0.39, 0.29) is 11.7 Å². The molecule has 0 aliphatic rings. The summed E-state index contributed by atoms with van der Waals surface area (Å²) in [6.07, 6.45) is 16.7. The molecule has 0 atom stereocenters. The van der Waals surface area contributed by atoms with E-state index < -0.39 is 0 Å². The first-order chi connectivity index (χ1) is 14.2. The summed E-state index contributed by atoms with van der Waals surface area (Å²) in [5.41, 5.74) is 5.07. The molecular formula is C27H45NO2. The summed E-state index contributed by atoms with van der Waals surface area (Å²) in [5.74, 6) is 0.420. The molecule has 3 heteroatoms. The Morgan fingerprint density at radius 3 is 1.33 bits per heavy atom. The molecule has 0 aliphatic heterocycles. The van der Waals surface area contributed by atoms with Crippen molar-refractivity contribution in [3.63, 3.8) is 0 Å². The van der Waals surface area contributed by atoms with Gasteiger partial charge in [0.05, 0.1) is 0 Å². The normalized spacial score (nSPS) is 13.6. The smallest absolute Gasteiger partial charge is 0.249 e. The lowest BCUT2D eigenvalue weighted by atomic mass is 10.0. The molecule has 0 saturated heterocycles. The van der Waals surface area contributed by atoms with Crippen molar-refractivity contribution in [2.75, 3.05) is 13.1 Å². The highest BCUT2D eigenvalue weighted by Gasteiger charge is 2.10. The summed E-state index contributed by atoms with van der Waals surface area (Å²) >= 11 is 0. The van der Waals surface area contributed by atoms with Gasteiger partial charge in [-0.15, -0.1) is 0 Å². The van der Waals surface area contributed by atoms with Gasteiger partial charge in [-0.05, 0) is 93.4 Å². The molecule has 0 heterocycles. The molecule has 0 aromatic heterocycles. The van der Waals surface area contributed by atoms with Crippen LogP contribution in [0.15, 0.2) is 46.6 Å². The fourth-order valence-electron chi connectivity index (χ4n) is 3.28. The van der Waals surface area contributed by atoms with E-state index in [0.29, 0.717) is 6.42 Å². The third-order valence-corrected chi connectivity index (χ3v) is 5.43. The van der Waals surface area contributed by atoms with Gasteiger partial charge >= 0.3 is 0 Å². The zero-order chi connectivity index (χ0) is 22.9. The number of nitrogens with zero attached hydrogens (tertiary/aromatic N) is 1. The van der Waals surface area contributed by atoms with Crippen LogP contribution >= 0.6 is 0 Å². The Morgan fingerprint density at radius 2 is 0.967 bits per heavy atom. The van der Waals surface area contributed by atoms with Crippen LogP contribution in [0.2, 0.25) is 0 Å². The van der Waals surface area contributed by atoms with Gasteiger partial charge in [0.25, 0.3) is 0 Å². The van der Waals surface area contributed by atoms with Gasteiger partial charge in [0.1, 0.15) is 5.78 Å². The molecule has 0 fully saturated rings. The van der Waals surface area contributed by atoms with E-state index in [1.165, 1.54) is 16.7 Å². The minimum absolute atomic E-state index is 0.159. The second-order valence-electron chi connectivity index (χ2n) is 8.37. The Hall–Kier alpha value is -1.90. The van der Waals surface area contributed by atoms with Crippen molar-refractivity contribution in [2.45, 2.75) is 99.8 Å². The quantitative estimate of drug-likeness (QED) is 0.207. The van der Waals surface area contributed by atoms with E-state index in [2.05, 4.69) is 45.1 Å². The summed E-state index contributed by atoms with van der Waals surface area (Å²) in [6, 6.07) is 0. The summed E-state index contributed by atoms with van der Waals surface area (Å²) in [5, 5.41) is 0. The molecule has 3 nitrogen and oxygen atoms in total. The maximum atomic E-state index is 12.3. The van der Waals surface area contributed by atoms with Gasteiger partial charge in [0.15, 0.2) is 0 Å². The SMILES string of the molecule is CCN(CC)C(=O)/C(C)=C/CC/C(C)=C/CC/C(C)=C/CC/C(C)=C/CCC(C)=O. The minimum atomic E-state index is 0.159. The van der Waals surface area contributed by atoms with Crippen LogP contribution in [0.25, 0.3) is 0 Å².